The molecule has 2 aliphatic rings. The smallest absolute Gasteiger partial charge is 0.261 e. The number of amides is 1. The van der Waals surface area contributed by atoms with E-state index >= 15 is 0 Å². The first-order valence-corrected chi connectivity index (χ1v) is 13.3. The number of para-hydroxylation sites is 1. The van der Waals surface area contributed by atoms with Crippen molar-refractivity contribution in [3.8, 4) is 11.3 Å². The summed E-state index contributed by atoms with van der Waals surface area (Å²) in [6, 6.07) is 14.7. The lowest BCUT2D eigenvalue weighted by Gasteiger charge is -2.19. The maximum Gasteiger partial charge on any atom is 0.261 e. The summed E-state index contributed by atoms with van der Waals surface area (Å²) < 4.78 is 28.6. The van der Waals surface area contributed by atoms with Crippen molar-refractivity contribution >= 4 is 44.2 Å². The van der Waals surface area contributed by atoms with Crippen LogP contribution < -0.4 is 15.4 Å². The second-order valence-corrected chi connectivity index (χ2v) is 10.8. The third kappa shape index (κ3) is 4.58. The number of aromatic nitrogens is 3. The predicted octanol–water partition coefficient (Wildman–Crippen LogP) is 4.49. The molecular weight excluding hydrogens is 488 g/mol. The summed E-state index contributed by atoms with van der Waals surface area (Å²) >= 11 is 0. The van der Waals surface area contributed by atoms with Crippen molar-refractivity contribution < 1.29 is 13.2 Å². The molecule has 9 nitrogen and oxygen atoms in total. The number of nitrogens with zero attached hydrogens (tertiary/aromatic N) is 2. The Kier molecular flexibility index (Phi) is 5.53. The number of fused-ring (bicyclic) bond motifs is 4. The predicted molar refractivity (Wildman–Crippen MR) is 145 cm³/mol. The monoisotopic (exact) mass is 512 g/mol. The zero-order valence-electron chi connectivity index (χ0n) is 19.9. The van der Waals surface area contributed by atoms with Crippen LogP contribution in [-0.4, -0.2) is 35.3 Å². The molecule has 1 aliphatic heterocycles. The number of nitrogens with one attached hydrogen (secondary N) is 4. The number of H-pyrrole nitrogens is 1. The van der Waals surface area contributed by atoms with E-state index in [1.165, 1.54) is 0 Å². The topological polar surface area (TPSA) is 129 Å². The van der Waals surface area contributed by atoms with Crippen LogP contribution in [0.2, 0.25) is 0 Å². The van der Waals surface area contributed by atoms with Crippen LogP contribution in [0.15, 0.2) is 77.9 Å². The minimum atomic E-state index is -3.73. The highest BCUT2D eigenvalue weighted by Crippen LogP contribution is 2.33. The van der Waals surface area contributed by atoms with E-state index in [1.807, 2.05) is 49.4 Å². The first-order valence-electron chi connectivity index (χ1n) is 11.9. The van der Waals surface area contributed by atoms with E-state index in [1.54, 1.807) is 30.5 Å². The number of hydrogen-bond acceptors (Lipinski definition) is 6. The molecule has 0 saturated carbocycles. The van der Waals surface area contributed by atoms with E-state index in [2.05, 4.69) is 25.3 Å². The van der Waals surface area contributed by atoms with E-state index in [4.69, 9.17) is 4.98 Å². The first-order chi connectivity index (χ1) is 17.8. The molecule has 0 radical (unpaired) electrons. The third-order valence-corrected chi connectivity index (χ3v) is 7.80. The van der Waals surface area contributed by atoms with Crippen molar-refractivity contribution in [3.63, 3.8) is 0 Å². The molecule has 0 fully saturated rings. The molecule has 10 heteroatoms. The van der Waals surface area contributed by atoms with Gasteiger partial charge in [-0.1, -0.05) is 30.4 Å². The average molecular weight is 513 g/mol. The van der Waals surface area contributed by atoms with Gasteiger partial charge in [0, 0.05) is 39.6 Å². The van der Waals surface area contributed by atoms with Crippen LogP contribution in [0.25, 0.3) is 22.2 Å². The van der Waals surface area contributed by atoms with Crippen molar-refractivity contribution in [1.82, 2.24) is 15.0 Å². The molecule has 2 aromatic carbocycles. The molecule has 4 N–H and O–H groups in total. The molecule has 1 aliphatic carbocycles. The fourth-order valence-corrected chi connectivity index (χ4v) is 5.76. The molecule has 0 spiro atoms. The first kappa shape index (κ1) is 23.0. The van der Waals surface area contributed by atoms with Crippen LogP contribution in [0.4, 0.5) is 17.3 Å². The third-order valence-electron chi connectivity index (χ3n) is 6.37. The summed E-state index contributed by atoms with van der Waals surface area (Å²) in [6.45, 7) is 1.96. The van der Waals surface area contributed by atoms with Gasteiger partial charge in [0.15, 0.2) is 0 Å². The molecule has 1 unspecified atom stereocenters. The molecule has 186 valence electrons. The summed E-state index contributed by atoms with van der Waals surface area (Å²) in [4.78, 5) is 24.8. The lowest BCUT2D eigenvalue weighted by Crippen LogP contribution is -2.22. The number of hydrogen-bond donors (Lipinski definition) is 4. The summed E-state index contributed by atoms with van der Waals surface area (Å²) in [5.41, 5.74) is 5.47. The summed E-state index contributed by atoms with van der Waals surface area (Å²) in [5, 5.41) is 7.11. The Bertz CT molecular complexity index is 1720. The van der Waals surface area contributed by atoms with Crippen molar-refractivity contribution in [2.45, 2.75) is 25.8 Å². The Morgan fingerprint density at radius 3 is 2.81 bits per heavy atom. The fourth-order valence-electron chi connectivity index (χ4n) is 4.63. The summed E-state index contributed by atoms with van der Waals surface area (Å²) in [7, 11) is -3.73. The Morgan fingerprint density at radius 2 is 1.97 bits per heavy atom. The van der Waals surface area contributed by atoms with E-state index in [0.29, 0.717) is 29.4 Å². The molecular formula is C27H24N6O3S. The number of rotatable bonds is 5. The quantitative estimate of drug-likeness (QED) is 0.312. The van der Waals surface area contributed by atoms with E-state index in [0.717, 1.165) is 27.7 Å². The molecule has 1 atom stereocenters. The zero-order chi connectivity index (χ0) is 25.6. The maximum atomic E-state index is 13.0. The van der Waals surface area contributed by atoms with Gasteiger partial charge in [0.1, 0.15) is 0 Å². The lowest BCUT2D eigenvalue weighted by molar-refractivity contribution is -0.115. The van der Waals surface area contributed by atoms with Gasteiger partial charge >= 0.3 is 0 Å². The largest absolute Gasteiger partial charge is 0.359 e. The van der Waals surface area contributed by atoms with Crippen molar-refractivity contribution in [1.29, 1.82) is 0 Å². The molecule has 3 heterocycles. The number of aromatic amines is 1. The molecule has 37 heavy (non-hydrogen) atoms. The Labute approximate surface area is 213 Å². The van der Waals surface area contributed by atoms with Crippen molar-refractivity contribution in [2.24, 2.45) is 0 Å². The second kappa shape index (κ2) is 8.90. The van der Waals surface area contributed by atoms with Gasteiger partial charge in [0.25, 0.3) is 10.0 Å². The fraction of sp³-hybridized carbons (Fsp3) is 0.148. The van der Waals surface area contributed by atoms with Gasteiger partial charge < -0.3 is 15.6 Å². The second-order valence-electron chi connectivity index (χ2n) is 9.15. The highest BCUT2D eigenvalue weighted by molar-refractivity contribution is 7.96. The number of allylic oxidation sites excluding steroid dienone is 1. The van der Waals surface area contributed by atoms with Gasteiger partial charge in [-0.25, -0.2) is 18.4 Å². The number of anilines is 3. The molecule has 6 rings (SSSR count). The van der Waals surface area contributed by atoms with Crippen LogP contribution in [0, 0.1) is 6.92 Å². The highest BCUT2D eigenvalue weighted by atomic mass is 32.2. The number of aryl methyl sites for hydroxylation is 1. The Hall–Kier alpha value is -4.44. The normalized spacial score (nSPS) is 16.8. The Balaban J connectivity index is 1.17. The minimum absolute atomic E-state index is 0.110. The van der Waals surface area contributed by atoms with Gasteiger partial charge in [-0.2, -0.15) is 0 Å². The number of sulfonamides is 1. The highest BCUT2D eigenvalue weighted by Gasteiger charge is 2.23. The van der Waals surface area contributed by atoms with Crippen LogP contribution in [-0.2, 0) is 21.2 Å². The van der Waals surface area contributed by atoms with Gasteiger partial charge in [0.05, 0.1) is 28.7 Å². The van der Waals surface area contributed by atoms with Crippen LogP contribution in [0.5, 0.6) is 0 Å². The van der Waals surface area contributed by atoms with Crippen molar-refractivity contribution in [2.75, 3.05) is 15.4 Å². The van der Waals surface area contributed by atoms with Crippen LogP contribution in [0.3, 0.4) is 0 Å². The van der Waals surface area contributed by atoms with E-state index < -0.39 is 10.0 Å². The van der Waals surface area contributed by atoms with Gasteiger partial charge in [-0.15, -0.1) is 0 Å². The van der Waals surface area contributed by atoms with Crippen LogP contribution in [0.1, 0.15) is 17.7 Å². The molecule has 1 amide bonds. The number of carbonyl (C=O) groups is 1. The number of benzene rings is 2. The average Bonchev–Trinajstić information content (AvgIpc) is 3.17. The maximum absolute atomic E-state index is 13.0. The van der Waals surface area contributed by atoms with Gasteiger partial charge in [-0.3, -0.25) is 9.52 Å². The minimum Gasteiger partial charge on any atom is -0.359 e. The van der Waals surface area contributed by atoms with Gasteiger partial charge in [-0.05, 0) is 49.8 Å². The molecule has 2 aromatic heterocycles. The van der Waals surface area contributed by atoms with Gasteiger partial charge in [0.2, 0.25) is 11.9 Å². The molecule has 4 aromatic rings. The Morgan fingerprint density at radius 1 is 1.11 bits per heavy atom. The number of carbonyl (C=O) groups excluding carboxylic acids is 1. The zero-order valence-corrected chi connectivity index (χ0v) is 20.8. The molecule has 0 bridgehead atoms. The van der Waals surface area contributed by atoms with E-state index in [9.17, 15) is 13.2 Å². The lowest BCUT2D eigenvalue weighted by atomic mass is 10.1. The SMILES string of the molecule is Cc1cc2cc(NS(=O)(=O)C3=CCC(Nc4ncc5c(n4)-c4ccccc4NC(=O)C5)C=C3)ccc2[nH]1. The van der Waals surface area contributed by atoms with Crippen LogP contribution >= 0.6 is 0 Å². The standard InChI is InChI=1S/C27H24N6O3S/c1-16-12-17-13-20(8-11-23(17)29-16)33-37(35,36)21-9-6-19(7-10-21)30-27-28-15-18-14-25(34)31-24-5-3-2-4-22(24)26(18)32-27/h2-6,8-13,15,19,29,33H,7,14H2,1H3,(H,31,34)(H,28,30,32). The van der Waals surface area contributed by atoms with Crippen molar-refractivity contribution in [3.05, 3.63) is 89.1 Å². The summed E-state index contributed by atoms with van der Waals surface area (Å²) in [5.74, 6) is 0.298. The van der Waals surface area contributed by atoms with E-state index in [-0.39, 0.29) is 23.3 Å². The molecule has 0 saturated heterocycles. The summed E-state index contributed by atoms with van der Waals surface area (Å²) in [6.07, 6.45) is 7.36.